The van der Waals surface area contributed by atoms with Crippen molar-refractivity contribution in [2.24, 2.45) is 0 Å². The Morgan fingerprint density at radius 3 is 1.79 bits per heavy atom. The third-order valence-corrected chi connectivity index (χ3v) is 5.69. The van der Waals surface area contributed by atoms with Crippen molar-refractivity contribution in [1.29, 1.82) is 15.8 Å². The van der Waals surface area contributed by atoms with Crippen molar-refractivity contribution < 1.29 is 0 Å². The summed E-state index contributed by atoms with van der Waals surface area (Å²) in [5, 5.41) is 29.5. The van der Waals surface area contributed by atoms with Crippen molar-refractivity contribution in [2.75, 3.05) is 0 Å². The number of nitriles is 3. The van der Waals surface area contributed by atoms with Crippen LogP contribution in [-0.2, 0) is 12.8 Å². The maximum atomic E-state index is 9.79. The first kappa shape index (κ1) is 20.0. The molecule has 10 nitrogen and oxygen atoms in total. The van der Waals surface area contributed by atoms with E-state index in [1.807, 2.05) is 18.2 Å². The summed E-state index contributed by atoms with van der Waals surface area (Å²) in [5.41, 5.74) is 3.20. The predicted molar refractivity (Wildman–Crippen MR) is 116 cm³/mol. The van der Waals surface area contributed by atoms with Gasteiger partial charge in [0, 0.05) is 34.4 Å². The molecule has 34 heavy (non-hydrogen) atoms. The zero-order valence-electron chi connectivity index (χ0n) is 17.0. The predicted octanol–water partition coefficient (Wildman–Crippen LogP) is 1.93. The Morgan fingerprint density at radius 1 is 0.794 bits per heavy atom. The average molecular weight is 434 g/mol. The minimum absolute atomic E-state index is 0.0425. The molecule has 2 heterocycles. The lowest BCUT2D eigenvalue weighted by Crippen LogP contribution is -2.26. The number of hydrogen-bond donors (Lipinski definition) is 0. The van der Waals surface area contributed by atoms with E-state index in [1.54, 1.807) is 0 Å². The van der Waals surface area contributed by atoms with E-state index in [9.17, 15) is 15.8 Å². The Bertz CT molecular complexity index is 1700. The molecule has 0 saturated carbocycles. The van der Waals surface area contributed by atoms with Crippen LogP contribution in [-0.4, -0.2) is 19.9 Å². The van der Waals surface area contributed by atoms with E-state index < -0.39 is 0 Å². The fourth-order valence-corrected chi connectivity index (χ4v) is 4.45. The molecule has 0 aliphatic heterocycles. The molecule has 0 N–H and O–H groups in total. The highest BCUT2D eigenvalue weighted by Crippen LogP contribution is 2.38. The van der Waals surface area contributed by atoms with Crippen LogP contribution in [0.3, 0.4) is 0 Å². The normalized spacial score (nSPS) is 13.2. The Kier molecular flexibility index (Phi) is 4.31. The molecular weight excluding hydrogens is 428 g/mol. The summed E-state index contributed by atoms with van der Waals surface area (Å²) in [6, 6.07) is 5.82. The highest BCUT2D eigenvalue weighted by atomic mass is 14.9. The first-order valence-electron chi connectivity index (χ1n) is 9.61. The molecule has 0 bridgehead atoms. The summed E-state index contributed by atoms with van der Waals surface area (Å²) in [6.45, 7) is 22.5. The molecule has 0 spiro atoms. The molecule has 2 aromatic heterocycles. The molecule has 0 saturated heterocycles. The molecule has 0 unspecified atom stereocenters. The minimum Gasteiger partial charge on any atom is -0.359 e. The van der Waals surface area contributed by atoms with E-state index in [2.05, 4.69) is 34.5 Å². The first-order valence-corrected chi connectivity index (χ1v) is 9.61. The Labute approximate surface area is 192 Å². The van der Waals surface area contributed by atoms with Gasteiger partial charge in [-0.15, -0.1) is 4.98 Å². The molecule has 5 rings (SSSR count). The van der Waals surface area contributed by atoms with Crippen LogP contribution in [0.25, 0.3) is 48.4 Å². The van der Waals surface area contributed by atoms with E-state index >= 15 is 0 Å². The van der Waals surface area contributed by atoms with Gasteiger partial charge in [-0.1, -0.05) is 6.57 Å². The lowest BCUT2D eigenvalue weighted by atomic mass is 9.92. The van der Waals surface area contributed by atoms with E-state index in [1.165, 1.54) is 12.4 Å². The third-order valence-electron chi connectivity index (χ3n) is 5.69. The molecule has 2 aliphatic rings. The van der Waals surface area contributed by atoms with Gasteiger partial charge in [0.15, 0.2) is 11.4 Å². The van der Waals surface area contributed by atoms with Gasteiger partial charge in [-0.25, -0.2) is 25.2 Å². The van der Waals surface area contributed by atoms with Crippen molar-refractivity contribution in [2.45, 2.75) is 12.8 Å². The monoisotopic (exact) mass is 434 g/mol. The molecule has 0 amide bonds. The maximum absolute atomic E-state index is 9.79. The molecule has 10 heteroatoms. The lowest BCUT2D eigenvalue weighted by molar-refractivity contribution is 1.07. The van der Waals surface area contributed by atoms with Gasteiger partial charge in [0.2, 0.25) is 0 Å². The summed E-state index contributed by atoms with van der Waals surface area (Å²) >= 11 is 0. The highest BCUT2D eigenvalue weighted by Gasteiger charge is 2.35. The quantitative estimate of drug-likeness (QED) is 0.340. The van der Waals surface area contributed by atoms with E-state index in [-0.39, 0.29) is 35.7 Å². The summed E-state index contributed by atoms with van der Waals surface area (Å²) < 4.78 is 0. The Hall–Kier alpha value is -5.94. The zero-order valence-corrected chi connectivity index (χ0v) is 17.0. The minimum atomic E-state index is -0.199. The van der Waals surface area contributed by atoms with Crippen molar-refractivity contribution in [3.05, 3.63) is 85.3 Å². The van der Waals surface area contributed by atoms with Crippen LogP contribution in [0, 0.1) is 53.7 Å². The maximum Gasteiger partial charge on any atom is 0.288 e. The van der Waals surface area contributed by atoms with E-state index in [4.69, 9.17) is 19.7 Å². The van der Waals surface area contributed by atoms with Gasteiger partial charge in [-0.05, 0) is 11.1 Å². The highest BCUT2D eigenvalue weighted by molar-refractivity contribution is 5.90. The summed E-state index contributed by atoms with van der Waals surface area (Å²) in [7, 11) is 0. The van der Waals surface area contributed by atoms with Crippen LogP contribution in [0.5, 0.6) is 0 Å². The summed E-state index contributed by atoms with van der Waals surface area (Å²) in [6.07, 6.45) is 3.03. The first-order chi connectivity index (χ1) is 16.6. The average Bonchev–Trinajstić information content (AvgIpc) is 3.43. The standard InChI is InChI=1S/C24H6N10/c1-28-16(7-26)19-13-5-15-24(34-18(30-3)10-32-15)22(13)20(17(8-27)29-2)12-4-14-23(21(12)19)33-11(6-25)9-31-14/h9-10H,4-5H2/b19-16+,20-17-. The largest absolute Gasteiger partial charge is 0.359 e. The molecule has 152 valence electrons. The molecule has 0 atom stereocenters. The van der Waals surface area contributed by atoms with Gasteiger partial charge in [0.25, 0.3) is 17.2 Å². The van der Waals surface area contributed by atoms with Crippen molar-refractivity contribution in [1.82, 2.24) is 19.9 Å². The van der Waals surface area contributed by atoms with Crippen LogP contribution in [0.1, 0.15) is 28.2 Å². The van der Waals surface area contributed by atoms with E-state index in [0.29, 0.717) is 55.5 Å². The van der Waals surface area contributed by atoms with Crippen LogP contribution in [0.2, 0.25) is 0 Å². The SMILES string of the molecule is [C-]#[N+]/C(C#N)=c1/c2c(/c(=C(\C#N)[N+]#[C-])c3c1-c1nc([N+]#[C-])cnc1C3)-c1nc(C#N)cnc1C2. The fraction of sp³-hybridized carbons (Fsp3) is 0.0833. The number of rotatable bonds is 0. The van der Waals surface area contributed by atoms with Crippen LogP contribution in [0.15, 0.2) is 12.4 Å². The van der Waals surface area contributed by atoms with Crippen LogP contribution >= 0.6 is 0 Å². The van der Waals surface area contributed by atoms with Gasteiger partial charge in [0.05, 0.1) is 54.8 Å². The lowest BCUT2D eigenvalue weighted by Gasteiger charge is -2.11. The zero-order chi connectivity index (χ0) is 24.0. The number of aromatic nitrogens is 4. The van der Waals surface area contributed by atoms with Crippen molar-refractivity contribution in [3.63, 3.8) is 0 Å². The summed E-state index contributed by atoms with van der Waals surface area (Å²) in [5.74, 6) is 0.0425. The fourth-order valence-electron chi connectivity index (χ4n) is 4.45. The van der Waals surface area contributed by atoms with Gasteiger partial charge >= 0.3 is 0 Å². The second-order valence-corrected chi connectivity index (χ2v) is 7.25. The number of fused-ring (bicyclic) bond motifs is 6. The van der Waals surface area contributed by atoms with Crippen LogP contribution < -0.4 is 10.4 Å². The number of hydrogen-bond acceptors (Lipinski definition) is 7. The smallest absolute Gasteiger partial charge is 0.288 e. The van der Waals surface area contributed by atoms with Crippen molar-refractivity contribution in [3.8, 4) is 40.7 Å². The molecule has 0 fully saturated rings. The van der Waals surface area contributed by atoms with Gasteiger partial charge in [-0.2, -0.15) is 5.26 Å². The molecule has 1 aromatic carbocycles. The van der Waals surface area contributed by atoms with Crippen LogP contribution in [0.4, 0.5) is 5.82 Å². The molecule has 3 aromatic rings. The van der Waals surface area contributed by atoms with Gasteiger partial charge in [0.1, 0.15) is 6.07 Å². The molecular formula is C24H6N10. The number of benzene rings is 1. The Morgan fingerprint density at radius 2 is 1.32 bits per heavy atom. The van der Waals surface area contributed by atoms with E-state index in [0.717, 1.165) is 0 Å². The van der Waals surface area contributed by atoms with Gasteiger partial charge in [-0.3, -0.25) is 9.97 Å². The topological polar surface area (TPSA) is 136 Å². The number of nitrogens with zero attached hydrogens (tertiary/aromatic N) is 10. The molecule has 2 aliphatic carbocycles. The van der Waals surface area contributed by atoms with Gasteiger partial charge < -0.3 is 4.85 Å². The second kappa shape index (κ2) is 7.33. The second-order valence-electron chi connectivity index (χ2n) is 7.25. The third kappa shape index (κ3) is 2.55. The Balaban J connectivity index is 2.12. The summed E-state index contributed by atoms with van der Waals surface area (Å²) in [4.78, 5) is 27.6. The molecule has 0 radical (unpaired) electrons. The van der Waals surface area contributed by atoms with Crippen molar-refractivity contribution >= 4 is 17.2 Å².